The van der Waals surface area contributed by atoms with Gasteiger partial charge in [0.2, 0.25) is 5.91 Å². The van der Waals surface area contributed by atoms with Crippen LogP contribution in [0.4, 0.5) is 0 Å². The lowest BCUT2D eigenvalue weighted by Crippen LogP contribution is -2.50. The Kier molecular flexibility index (Phi) is 9.16. The molecule has 0 aliphatic carbocycles. The molecule has 0 fully saturated rings. The van der Waals surface area contributed by atoms with Gasteiger partial charge >= 0.3 is 5.97 Å². The fourth-order valence-electron chi connectivity index (χ4n) is 1.67. The largest absolute Gasteiger partial charge is 0.467 e. The van der Waals surface area contributed by atoms with Gasteiger partial charge in [-0.1, -0.05) is 19.8 Å². The molecule has 0 saturated heterocycles. The van der Waals surface area contributed by atoms with Crippen LogP contribution in [0.5, 0.6) is 0 Å². The summed E-state index contributed by atoms with van der Waals surface area (Å²) in [5.74, 6) is -0.996. The first-order valence-electron chi connectivity index (χ1n) is 6.55. The quantitative estimate of drug-likeness (QED) is 0.492. The third-order valence-electron chi connectivity index (χ3n) is 2.83. The maximum Gasteiger partial charge on any atom is 0.331 e. The Morgan fingerprint density at radius 3 is 2.42 bits per heavy atom. The van der Waals surface area contributed by atoms with Crippen LogP contribution >= 0.6 is 0 Å². The third kappa shape index (κ3) is 6.54. The van der Waals surface area contributed by atoms with Crippen molar-refractivity contribution in [3.63, 3.8) is 0 Å². The molecule has 0 aromatic rings. The molecule has 0 spiro atoms. The number of hydrogen-bond donors (Lipinski definition) is 1. The van der Waals surface area contributed by atoms with E-state index in [2.05, 4.69) is 11.7 Å². The van der Waals surface area contributed by atoms with Crippen LogP contribution in [0.3, 0.4) is 0 Å². The first-order chi connectivity index (χ1) is 8.95. The van der Waals surface area contributed by atoms with Crippen molar-refractivity contribution in [2.24, 2.45) is 0 Å². The van der Waals surface area contributed by atoms with Gasteiger partial charge in [-0.05, 0) is 13.3 Å². The molecule has 0 rings (SSSR count). The molecule has 19 heavy (non-hydrogen) atoms. The van der Waals surface area contributed by atoms with E-state index >= 15 is 0 Å². The molecule has 1 N–H and O–H groups in total. The molecule has 0 bridgehead atoms. The van der Waals surface area contributed by atoms with E-state index in [0.717, 1.165) is 24.2 Å². The summed E-state index contributed by atoms with van der Waals surface area (Å²) < 4.78 is 9.81. The fourth-order valence-corrected chi connectivity index (χ4v) is 1.67. The first-order valence-corrected chi connectivity index (χ1v) is 6.55. The summed E-state index contributed by atoms with van der Waals surface area (Å²) in [6, 6.07) is -1.00. The maximum absolute atomic E-state index is 11.8. The molecule has 0 saturated carbocycles. The minimum absolute atomic E-state index is 0.0968. The monoisotopic (exact) mass is 275 g/mol. The van der Waals surface area contributed by atoms with Crippen molar-refractivity contribution in [3.05, 3.63) is 0 Å². The van der Waals surface area contributed by atoms with Crippen molar-refractivity contribution in [2.75, 3.05) is 27.4 Å². The lowest BCUT2D eigenvalue weighted by molar-refractivity contribution is -0.157. The number of methoxy groups -OCH3 is 1. The van der Waals surface area contributed by atoms with E-state index < -0.39 is 18.1 Å². The molecule has 6 nitrogen and oxygen atoms in total. The smallest absolute Gasteiger partial charge is 0.331 e. The number of aliphatic hydroxyl groups excluding tert-OH is 1. The molecule has 2 unspecified atom stereocenters. The van der Waals surface area contributed by atoms with E-state index in [0.29, 0.717) is 6.61 Å². The van der Waals surface area contributed by atoms with E-state index in [-0.39, 0.29) is 12.5 Å². The Bertz CT molecular complexity index is 280. The summed E-state index contributed by atoms with van der Waals surface area (Å²) in [5.41, 5.74) is 0. The van der Waals surface area contributed by atoms with Gasteiger partial charge < -0.3 is 19.5 Å². The second kappa shape index (κ2) is 9.75. The average molecular weight is 275 g/mol. The summed E-state index contributed by atoms with van der Waals surface area (Å²) in [6.07, 6.45) is 2.05. The highest BCUT2D eigenvalue weighted by atomic mass is 16.5. The molecule has 1 amide bonds. The van der Waals surface area contributed by atoms with Crippen LogP contribution in [0.25, 0.3) is 0 Å². The van der Waals surface area contributed by atoms with Crippen molar-refractivity contribution >= 4 is 11.9 Å². The van der Waals surface area contributed by atoms with Crippen LogP contribution in [0, 0.1) is 0 Å². The fraction of sp³-hybridized carbons (Fsp3) is 0.846. The van der Waals surface area contributed by atoms with Gasteiger partial charge in [-0.15, -0.1) is 0 Å². The minimum Gasteiger partial charge on any atom is -0.467 e. The van der Waals surface area contributed by atoms with Crippen molar-refractivity contribution in [1.82, 2.24) is 4.90 Å². The van der Waals surface area contributed by atoms with Crippen LogP contribution in [0.2, 0.25) is 0 Å². The molecule has 0 heterocycles. The third-order valence-corrected chi connectivity index (χ3v) is 2.83. The van der Waals surface area contributed by atoms with Gasteiger partial charge in [0.1, 0.15) is 6.61 Å². The SMILES string of the molecule is CCCCCOCC(=O)N(C)C(C(=O)OC)C(C)O. The maximum atomic E-state index is 11.8. The number of hydrogen-bond acceptors (Lipinski definition) is 5. The van der Waals surface area contributed by atoms with Gasteiger partial charge in [0, 0.05) is 13.7 Å². The van der Waals surface area contributed by atoms with Gasteiger partial charge in [0.25, 0.3) is 0 Å². The molecule has 6 heteroatoms. The highest BCUT2D eigenvalue weighted by Gasteiger charge is 2.31. The standard InChI is InChI=1S/C13H25NO5/c1-5-6-7-8-19-9-11(16)14(3)12(10(2)15)13(17)18-4/h10,12,15H,5-9H2,1-4H3. The minimum atomic E-state index is -1.00. The molecular formula is C13H25NO5. The molecule has 0 radical (unpaired) electrons. The molecule has 0 aliphatic rings. The molecule has 0 aromatic heterocycles. The zero-order chi connectivity index (χ0) is 14.8. The second-order valence-electron chi connectivity index (χ2n) is 4.47. The number of rotatable bonds is 9. The molecule has 0 aromatic carbocycles. The van der Waals surface area contributed by atoms with Crippen LogP contribution in [-0.4, -0.2) is 61.4 Å². The Morgan fingerprint density at radius 2 is 1.95 bits per heavy atom. The lowest BCUT2D eigenvalue weighted by atomic mass is 10.1. The predicted molar refractivity (Wildman–Crippen MR) is 70.6 cm³/mol. The van der Waals surface area contributed by atoms with Gasteiger partial charge in [0.15, 0.2) is 6.04 Å². The van der Waals surface area contributed by atoms with E-state index in [4.69, 9.17) is 4.74 Å². The predicted octanol–water partition coefficient (Wildman–Crippen LogP) is 0.574. The van der Waals surface area contributed by atoms with E-state index in [1.165, 1.54) is 21.1 Å². The van der Waals surface area contributed by atoms with E-state index in [1.807, 2.05) is 0 Å². The van der Waals surface area contributed by atoms with Gasteiger partial charge in [-0.2, -0.15) is 0 Å². The van der Waals surface area contributed by atoms with Gasteiger partial charge in [-0.3, -0.25) is 4.79 Å². The lowest BCUT2D eigenvalue weighted by Gasteiger charge is -2.27. The number of ether oxygens (including phenoxy) is 2. The Morgan fingerprint density at radius 1 is 1.32 bits per heavy atom. The normalized spacial score (nSPS) is 13.7. The number of aliphatic hydroxyl groups is 1. The number of carbonyl (C=O) groups excluding carboxylic acids is 2. The Labute approximate surface area is 114 Å². The van der Waals surface area contributed by atoms with Crippen molar-refractivity contribution < 1.29 is 24.2 Å². The summed E-state index contributed by atoms with van der Waals surface area (Å²) in [5, 5.41) is 9.54. The molecule has 2 atom stereocenters. The summed E-state index contributed by atoms with van der Waals surface area (Å²) in [6.45, 7) is 3.95. The summed E-state index contributed by atoms with van der Waals surface area (Å²) in [7, 11) is 2.67. The zero-order valence-corrected chi connectivity index (χ0v) is 12.2. The number of unbranched alkanes of at least 4 members (excludes halogenated alkanes) is 2. The Hall–Kier alpha value is -1.14. The van der Waals surface area contributed by atoms with Crippen LogP contribution < -0.4 is 0 Å². The topological polar surface area (TPSA) is 76.1 Å². The van der Waals surface area contributed by atoms with Gasteiger partial charge in [0.05, 0.1) is 13.2 Å². The molecule has 0 aliphatic heterocycles. The molecular weight excluding hydrogens is 250 g/mol. The van der Waals surface area contributed by atoms with Crippen LogP contribution in [-0.2, 0) is 19.1 Å². The van der Waals surface area contributed by atoms with Gasteiger partial charge in [-0.25, -0.2) is 4.79 Å². The van der Waals surface area contributed by atoms with Crippen LogP contribution in [0.15, 0.2) is 0 Å². The van der Waals surface area contributed by atoms with Crippen molar-refractivity contribution in [3.8, 4) is 0 Å². The highest BCUT2D eigenvalue weighted by Crippen LogP contribution is 2.06. The molecule has 112 valence electrons. The number of carbonyl (C=O) groups is 2. The number of likely N-dealkylation sites (N-methyl/N-ethyl adjacent to an activating group) is 1. The highest BCUT2D eigenvalue weighted by molar-refractivity contribution is 5.85. The average Bonchev–Trinajstić information content (AvgIpc) is 2.37. The van der Waals surface area contributed by atoms with E-state index in [1.54, 1.807) is 0 Å². The zero-order valence-electron chi connectivity index (χ0n) is 12.2. The second-order valence-corrected chi connectivity index (χ2v) is 4.47. The van der Waals surface area contributed by atoms with Crippen LogP contribution in [0.1, 0.15) is 33.1 Å². The first kappa shape index (κ1) is 17.9. The number of esters is 1. The van der Waals surface area contributed by atoms with Crippen molar-refractivity contribution in [2.45, 2.75) is 45.3 Å². The number of amides is 1. The van der Waals surface area contributed by atoms with E-state index in [9.17, 15) is 14.7 Å². The summed E-state index contributed by atoms with van der Waals surface area (Å²) >= 11 is 0. The Balaban J connectivity index is 4.24. The van der Waals surface area contributed by atoms with Crippen molar-refractivity contribution in [1.29, 1.82) is 0 Å². The number of nitrogens with zero attached hydrogens (tertiary/aromatic N) is 1. The summed E-state index contributed by atoms with van der Waals surface area (Å²) in [4.78, 5) is 24.5.